The van der Waals surface area contributed by atoms with Gasteiger partial charge in [0.05, 0.1) is 0 Å². The first-order chi connectivity index (χ1) is 5.82. The molecule has 0 aromatic heterocycles. The topological polar surface area (TPSA) is 20.2 Å². The van der Waals surface area contributed by atoms with Crippen molar-refractivity contribution in [3.8, 4) is 5.75 Å². The maximum absolute atomic E-state index is 12.5. The van der Waals surface area contributed by atoms with Gasteiger partial charge in [-0.15, -0.1) is 0 Å². The molecule has 0 bridgehead atoms. The van der Waals surface area contributed by atoms with Crippen molar-refractivity contribution in [1.29, 1.82) is 0 Å². The quantitative estimate of drug-likeness (QED) is 0.635. The van der Waals surface area contributed by atoms with Gasteiger partial charge in [0.2, 0.25) is 0 Å². The summed E-state index contributed by atoms with van der Waals surface area (Å²) in [6.07, 6.45) is -5.03. The number of hydrogen-bond acceptors (Lipinski definition) is 1. The number of phenols is 1. The third-order valence-corrected chi connectivity index (χ3v) is 1.32. The summed E-state index contributed by atoms with van der Waals surface area (Å²) < 4.78 is 60.5. The van der Waals surface area contributed by atoms with Gasteiger partial charge in [0.1, 0.15) is 22.9 Å². The Morgan fingerprint density at radius 3 is 2.00 bits per heavy atom. The largest absolute Gasteiger partial charge is 0.507 e. The second kappa shape index (κ2) is 2.86. The van der Waals surface area contributed by atoms with Gasteiger partial charge in [-0.1, -0.05) is 0 Å². The van der Waals surface area contributed by atoms with Gasteiger partial charge in [-0.3, -0.25) is 0 Å². The van der Waals surface area contributed by atoms with Gasteiger partial charge in [0, 0.05) is 12.1 Å². The second-order valence-electron chi connectivity index (χ2n) is 2.28. The standard InChI is InChI=1S/C7H3F5O/c8-3-1-4(9)6(5(13)2-3)7(10,11)12/h1-2,13H. The molecule has 0 spiro atoms. The summed E-state index contributed by atoms with van der Waals surface area (Å²) in [6.45, 7) is 0. The van der Waals surface area contributed by atoms with Crippen molar-refractivity contribution in [1.82, 2.24) is 0 Å². The lowest BCUT2D eigenvalue weighted by atomic mass is 10.2. The number of phenolic OH excluding ortho intramolecular Hbond substituents is 1. The van der Waals surface area contributed by atoms with Gasteiger partial charge in [0.15, 0.2) is 0 Å². The first-order valence-electron chi connectivity index (χ1n) is 3.07. The molecule has 0 aliphatic carbocycles. The van der Waals surface area contributed by atoms with E-state index in [4.69, 9.17) is 5.11 Å². The molecule has 0 heterocycles. The van der Waals surface area contributed by atoms with Crippen LogP contribution in [0.1, 0.15) is 5.56 Å². The summed E-state index contributed by atoms with van der Waals surface area (Å²) in [5, 5.41) is 8.61. The summed E-state index contributed by atoms with van der Waals surface area (Å²) >= 11 is 0. The van der Waals surface area contributed by atoms with E-state index in [1.165, 1.54) is 0 Å². The minimum absolute atomic E-state index is 0.0581. The molecule has 0 fully saturated rings. The highest BCUT2D eigenvalue weighted by Crippen LogP contribution is 2.37. The van der Waals surface area contributed by atoms with Crippen LogP contribution in [0.25, 0.3) is 0 Å². The Morgan fingerprint density at radius 2 is 1.62 bits per heavy atom. The summed E-state index contributed by atoms with van der Waals surface area (Å²) in [6, 6.07) is 0.258. The van der Waals surface area contributed by atoms with Crippen molar-refractivity contribution in [2.24, 2.45) is 0 Å². The number of aromatic hydroxyl groups is 1. The van der Waals surface area contributed by atoms with E-state index in [-0.39, 0.29) is 12.1 Å². The van der Waals surface area contributed by atoms with Crippen molar-refractivity contribution < 1.29 is 27.1 Å². The Labute approximate surface area is 69.4 Å². The molecular formula is C7H3F5O. The summed E-state index contributed by atoms with van der Waals surface area (Å²) in [4.78, 5) is 0. The molecule has 0 unspecified atom stereocenters. The maximum atomic E-state index is 12.5. The molecule has 72 valence electrons. The van der Waals surface area contributed by atoms with Crippen LogP contribution in [0.2, 0.25) is 0 Å². The summed E-state index contributed by atoms with van der Waals surface area (Å²) in [7, 11) is 0. The zero-order valence-electron chi connectivity index (χ0n) is 5.99. The first kappa shape index (κ1) is 9.76. The van der Waals surface area contributed by atoms with E-state index < -0.39 is 29.1 Å². The molecule has 6 heteroatoms. The molecule has 13 heavy (non-hydrogen) atoms. The van der Waals surface area contributed by atoms with Gasteiger partial charge in [-0.25, -0.2) is 8.78 Å². The average molecular weight is 198 g/mol. The molecule has 0 atom stereocenters. The molecule has 1 aromatic carbocycles. The Balaban J connectivity index is 3.38. The van der Waals surface area contributed by atoms with Crippen molar-refractivity contribution in [2.75, 3.05) is 0 Å². The zero-order valence-corrected chi connectivity index (χ0v) is 5.99. The first-order valence-corrected chi connectivity index (χ1v) is 3.07. The van der Waals surface area contributed by atoms with E-state index in [1.807, 2.05) is 0 Å². The minimum atomic E-state index is -5.03. The molecule has 1 aromatic rings. The lowest BCUT2D eigenvalue weighted by Gasteiger charge is -2.09. The van der Waals surface area contributed by atoms with Crippen molar-refractivity contribution in [3.63, 3.8) is 0 Å². The van der Waals surface area contributed by atoms with Crippen LogP contribution in [-0.2, 0) is 6.18 Å². The summed E-state index contributed by atoms with van der Waals surface area (Å²) in [5.41, 5.74) is -1.85. The van der Waals surface area contributed by atoms with Crippen molar-refractivity contribution in [2.45, 2.75) is 6.18 Å². The van der Waals surface area contributed by atoms with Crippen LogP contribution in [0, 0.1) is 11.6 Å². The third kappa shape index (κ3) is 1.88. The van der Waals surface area contributed by atoms with Crippen LogP contribution < -0.4 is 0 Å². The van der Waals surface area contributed by atoms with Gasteiger partial charge in [-0.2, -0.15) is 13.2 Å². The van der Waals surface area contributed by atoms with E-state index in [9.17, 15) is 22.0 Å². The molecule has 1 nitrogen and oxygen atoms in total. The van der Waals surface area contributed by atoms with E-state index in [0.717, 1.165) is 0 Å². The van der Waals surface area contributed by atoms with Crippen LogP contribution >= 0.6 is 0 Å². The Hall–Kier alpha value is -1.33. The van der Waals surface area contributed by atoms with Gasteiger partial charge >= 0.3 is 6.18 Å². The lowest BCUT2D eigenvalue weighted by Crippen LogP contribution is -2.08. The number of benzene rings is 1. The lowest BCUT2D eigenvalue weighted by molar-refractivity contribution is -0.141. The fourth-order valence-electron chi connectivity index (χ4n) is 0.841. The molecule has 0 aliphatic rings. The van der Waals surface area contributed by atoms with E-state index in [2.05, 4.69) is 0 Å². The van der Waals surface area contributed by atoms with E-state index in [0.29, 0.717) is 0 Å². The van der Waals surface area contributed by atoms with Crippen LogP contribution in [0.5, 0.6) is 5.75 Å². The second-order valence-corrected chi connectivity index (χ2v) is 2.28. The zero-order chi connectivity index (χ0) is 10.2. The fraction of sp³-hybridized carbons (Fsp3) is 0.143. The van der Waals surface area contributed by atoms with Gasteiger partial charge in [0.25, 0.3) is 0 Å². The van der Waals surface area contributed by atoms with Crippen LogP contribution in [0.4, 0.5) is 22.0 Å². The van der Waals surface area contributed by atoms with Crippen LogP contribution in [0.15, 0.2) is 12.1 Å². The molecule has 1 rings (SSSR count). The van der Waals surface area contributed by atoms with Crippen LogP contribution in [0.3, 0.4) is 0 Å². The van der Waals surface area contributed by atoms with Gasteiger partial charge < -0.3 is 5.11 Å². The predicted octanol–water partition coefficient (Wildman–Crippen LogP) is 2.69. The van der Waals surface area contributed by atoms with E-state index >= 15 is 0 Å². The Morgan fingerprint density at radius 1 is 1.08 bits per heavy atom. The van der Waals surface area contributed by atoms with Crippen molar-refractivity contribution >= 4 is 0 Å². The fourth-order valence-corrected chi connectivity index (χ4v) is 0.841. The molecular weight excluding hydrogens is 195 g/mol. The normalized spacial score (nSPS) is 11.8. The van der Waals surface area contributed by atoms with Crippen LogP contribution in [-0.4, -0.2) is 5.11 Å². The highest BCUT2D eigenvalue weighted by molar-refractivity contribution is 5.36. The highest BCUT2D eigenvalue weighted by atomic mass is 19.4. The molecule has 0 aliphatic heterocycles. The number of hydrogen-bond donors (Lipinski definition) is 1. The number of halogens is 5. The number of rotatable bonds is 0. The maximum Gasteiger partial charge on any atom is 0.422 e. The SMILES string of the molecule is Oc1cc(F)cc(F)c1C(F)(F)F. The Kier molecular flexibility index (Phi) is 2.15. The minimum Gasteiger partial charge on any atom is -0.507 e. The Bertz CT molecular complexity index is 307. The molecule has 0 saturated carbocycles. The predicted molar refractivity (Wildman–Crippen MR) is 33.0 cm³/mol. The smallest absolute Gasteiger partial charge is 0.422 e. The monoisotopic (exact) mass is 198 g/mol. The molecule has 0 amide bonds. The summed E-state index contributed by atoms with van der Waals surface area (Å²) in [5.74, 6) is -4.54. The molecule has 0 saturated heterocycles. The molecule has 0 radical (unpaired) electrons. The average Bonchev–Trinajstić information content (AvgIpc) is 1.78. The highest BCUT2D eigenvalue weighted by Gasteiger charge is 2.37. The van der Waals surface area contributed by atoms with Gasteiger partial charge in [-0.05, 0) is 0 Å². The molecule has 1 N–H and O–H groups in total. The van der Waals surface area contributed by atoms with E-state index in [1.54, 1.807) is 0 Å². The van der Waals surface area contributed by atoms with Crippen molar-refractivity contribution in [3.05, 3.63) is 29.3 Å². The number of alkyl halides is 3. The third-order valence-electron chi connectivity index (χ3n) is 1.32.